The molecule has 1 atom stereocenters. The Balaban J connectivity index is 1.47. The predicted octanol–water partition coefficient (Wildman–Crippen LogP) is 3.96. The van der Waals surface area contributed by atoms with E-state index in [2.05, 4.69) is 15.5 Å². The summed E-state index contributed by atoms with van der Waals surface area (Å²) in [5.74, 6) is 0.767. The normalized spacial score (nSPS) is 16.6. The molecule has 10 nitrogen and oxygen atoms in total. The highest BCUT2D eigenvalue weighted by molar-refractivity contribution is 7.89. The fraction of sp³-hybridized carbons (Fsp3) is 0.375. The van der Waals surface area contributed by atoms with Crippen LogP contribution in [0.3, 0.4) is 0 Å². The standard InChI is InChI=1S/C24H28N4O6S/c1-4-18-7-5-6-12-28(18)35(30,31)21-10-8-16(9-11-21)22(29)25-24-27-26-23(34-24)17-13-19(32-2)15-20(14-17)33-3/h8-11,13-15,18H,4-7,12H2,1-3H3,(H,25,27,29)/t18-/m1/s1. The van der Waals surface area contributed by atoms with Gasteiger partial charge in [-0.2, -0.15) is 4.31 Å². The van der Waals surface area contributed by atoms with Gasteiger partial charge in [-0.15, -0.1) is 5.10 Å². The highest BCUT2D eigenvalue weighted by Crippen LogP contribution is 2.30. The smallest absolute Gasteiger partial charge is 0.322 e. The molecular weight excluding hydrogens is 472 g/mol. The van der Waals surface area contributed by atoms with Crippen LogP contribution in [-0.4, -0.2) is 55.6 Å². The molecule has 4 rings (SSSR count). The molecule has 2 heterocycles. The van der Waals surface area contributed by atoms with E-state index in [0.717, 1.165) is 25.7 Å². The maximum atomic E-state index is 13.1. The van der Waals surface area contributed by atoms with E-state index in [0.29, 0.717) is 23.6 Å². The van der Waals surface area contributed by atoms with Crippen LogP contribution in [-0.2, 0) is 10.0 Å². The minimum atomic E-state index is -3.62. The molecule has 1 aliphatic heterocycles. The molecule has 0 unspecified atom stereocenters. The van der Waals surface area contributed by atoms with Gasteiger partial charge in [0.1, 0.15) is 11.5 Å². The highest BCUT2D eigenvalue weighted by atomic mass is 32.2. The second-order valence-electron chi connectivity index (χ2n) is 8.17. The van der Waals surface area contributed by atoms with Crippen molar-refractivity contribution < 1.29 is 27.1 Å². The number of hydrogen-bond donors (Lipinski definition) is 1. The topological polar surface area (TPSA) is 124 Å². The zero-order valence-corrected chi connectivity index (χ0v) is 20.7. The van der Waals surface area contributed by atoms with Crippen molar-refractivity contribution >= 4 is 21.9 Å². The van der Waals surface area contributed by atoms with Crippen molar-refractivity contribution in [2.75, 3.05) is 26.1 Å². The van der Waals surface area contributed by atoms with Crippen molar-refractivity contribution in [3.8, 4) is 23.0 Å². The summed E-state index contributed by atoms with van der Waals surface area (Å²) in [6, 6.07) is 10.9. The van der Waals surface area contributed by atoms with Crippen molar-refractivity contribution in [1.82, 2.24) is 14.5 Å². The Morgan fingerprint density at radius 1 is 1.09 bits per heavy atom. The summed E-state index contributed by atoms with van der Waals surface area (Å²) in [5, 5.41) is 10.4. The van der Waals surface area contributed by atoms with Crippen LogP contribution in [0, 0.1) is 0 Å². The number of aromatic nitrogens is 2. The van der Waals surface area contributed by atoms with Crippen LogP contribution in [0.2, 0.25) is 0 Å². The number of nitrogens with zero attached hydrogens (tertiary/aromatic N) is 3. The second-order valence-corrected chi connectivity index (χ2v) is 10.1. The van der Waals surface area contributed by atoms with Gasteiger partial charge in [-0.3, -0.25) is 10.1 Å². The van der Waals surface area contributed by atoms with Gasteiger partial charge < -0.3 is 13.9 Å². The van der Waals surface area contributed by atoms with Gasteiger partial charge in [0, 0.05) is 29.8 Å². The number of anilines is 1. The second kappa shape index (κ2) is 10.4. The van der Waals surface area contributed by atoms with Crippen molar-refractivity contribution in [3.05, 3.63) is 48.0 Å². The third kappa shape index (κ3) is 5.30. The molecule has 1 aliphatic rings. The maximum Gasteiger partial charge on any atom is 0.322 e. The van der Waals surface area contributed by atoms with Gasteiger partial charge in [0.2, 0.25) is 15.9 Å². The molecule has 0 spiro atoms. The molecule has 1 aromatic heterocycles. The summed E-state index contributed by atoms with van der Waals surface area (Å²) in [6.45, 7) is 2.52. The van der Waals surface area contributed by atoms with Gasteiger partial charge >= 0.3 is 6.01 Å². The number of nitrogens with one attached hydrogen (secondary N) is 1. The Morgan fingerprint density at radius 2 is 1.77 bits per heavy atom. The Bertz CT molecular complexity index is 1270. The minimum absolute atomic E-state index is 0.00741. The number of benzene rings is 2. The van der Waals surface area contributed by atoms with Crippen LogP contribution in [0.1, 0.15) is 43.0 Å². The van der Waals surface area contributed by atoms with Crippen molar-refractivity contribution in [2.45, 2.75) is 43.5 Å². The van der Waals surface area contributed by atoms with E-state index < -0.39 is 15.9 Å². The molecular formula is C24H28N4O6S. The third-order valence-corrected chi connectivity index (χ3v) is 7.98. The first kappa shape index (κ1) is 24.7. The molecule has 0 aliphatic carbocycles. The lowest BCUT2D eigenvalue weighted by Gasteiger charge is -2.34. The Kier molecular flexibility index (Phi) is 7.37. The van der Waals surface area contributed by atoms with Crippen LogP contribution in [0.25, 0.3) is 11.5 Å². The van der Waals surface area contributed by atoms with Crippen LogP contribution in [0.15, 0.2) is 51.8 Å². The van der Waals surface area contributed by atoms with Crippen LogP contribution in [0.4, 0.5) is 6.01 Å². The molecule has 2 aromatic carbocycles. The number of amides is 1. The van der Waals surface area contributed by atoms with E-state index in [1.165, 1.54) is 38.5 Å². The zero-order chi connectivity index (χ0) is 25.0. The van der Waals surface area contributed by atoms with Crippen LogP contribution >= 0.6 is 0 Å². The summed E-state index contributed by atoms with van der Waals surface area (Å²) in [5.41, 5.74) is 0.823. The lowest BCUT2D eigenvalue weighted by molar-refractivity contribution is 0.102. The predicted molar refractivity (Wildman–Crippen MR) is 129 cm³/mol. The molecule has 1 N–H and O–H groups in total. The molecule has 1 saturated heterocycles. The largest absolute Gasteiger partial charge is 0.497 e. The number of carbonyl (C=O) groups excluding carboxylic acids is 1. The summed E-state index contributed by atoms with van der Waals surface area (Å²) in [4.78, 5) is 12.9. The first-order valence-corrected chi connectivity index (χ1v) is 12.8. The molecule has 35 heavy (non-hydrogen) atoms. The van der Waals surface area contributed by atoms with Gasteiger partial charge in [0.05, 0.1) is 19.1 Å². The number of ether oxygens (including phenoxy) is 2. The third-order valence-electron chi connectivity index (χ3n) is 6.01. The first-order chi connectivity index (χ1) is 16.8. The van der Waals surface area contributed by atoms with E-state index in [1.54, 1.807) is 22.5 Å². The quantitative estimate of drug-likeness (QED) is 0.493. The SMILES string of the molecule is CC[C@@H]1CCCCN1S(=O)(=O)c1ccc(C(=O)Nc2nnc(-c3cc(OC)cc(OC)c3)o2)cc1. The highest BCUT2D eigenvalue weighted by Gasteiger charge is 2.32. The van der Waals surface area contributed by atoms with Crippen LogP contribution in [0.5, 0.6) is 11.5 Å². The minimum Gasteiger partial charge on any atom is -0.497 e. The Hall–Kier alpha value is -3.44. The Labute approximate surface area is 204 Å². The summed E-state index contributed by atoms with van der Waals surface area (Å²) < 4.78 is 43.9. The van der Waals surface area contributed by atoms with Crippen molar-refractivity contribution in [2.24, 2.45) is 0 Å². The number of rotatable bonds is 8. The lowest BCUT2D eigenvalue weighted by Crippen LogP contribution is -2.43. The maximum absolute atomic E-state index is 13.1. The zero-order valence-electron chi connectivity index (χ0n) is 19.9. The number of hydrogen-bond acceptors (Lipinski definition) is 8. The van der Waals surface area contributed by atoms with E-state index in [4.69, 9.17) is 13.9 Å². The summed E-state index contributed by atoms with van der Waals surface area (Å²) in [6.07, 6.45) is 3.52. The van der Waals surface area contributed by atoms with Crippen molar-refractivity contribution in [3.63, 3.8) is 0 Å². The average Bonchev–Trinajstić information content (AvgIpc) is 3.36. The molecule has 186 valence electrons. The van der Waals surface area contributed by atoms with E-state index >= 15 is 0 Å². The monoisotopic (exact) mass is 500 g/mol. The molecule has 0 bridgehead atoms. The molecule has 11 heteroatoms. The number of methoxy groups -OCH3 is 2. The van der Waals surface area contributed by atoms with Gasteiger partial charge in [0.15, 0.2) is 0 Å². The van der Waals surface area contributed by atoms with E-state index in [1.807, 2.05) is 6.92 Å². The summed E-state index contributed by atoms with van der Waals surface area (Å²) >= 11 is 0. The number of piperidine rings is 1. The average molecular weight is 501 g/mol. The Morgan fingerprint density at radius 3 is 2.40 bits per heavy atom. The molecule has 3 aromatic rings. The lowest BCUT2D eigenvalue weighted by atomic mass is 10.0. The van der Waals surface area contributed by atoms with Gasteiger partial charge in [-0.25, -0.2) is 8.42 Å². The van der Waals surface area contributed by atoms with Crippen molar-refractivity contribution in [1.29, 1.82) is 0 Å². The van der Waals surface area contributed by atoms with Gasteiger partial charge in [-0.05, 0) is 55.7 Å². The van der Waals surface area contributed by atoms with Gasteiger partial charge in [0.25, 0.3) is 5.91 Å². The summed E-state index contributed by atoms with van der Waals surface area (Å²) in [7, 11) is -0.561. The fourth-order valence-electron chi connectivity index (χ4n) is 4.10. The molecule has 1 fully saturated rings. The van der Waals surface area contributed by atoms with E-state index in [-0.39, 0.29) is 28.4 Å². The number of carbonyl (C=O) groups is 1. The van der Waals surface area contributed by atoms with Gasteiger partial charge in [-0.1, -0.05) is 18.4 Å². The van der Waals surface area contributed by atoms with Crippen LogP contribution < -0.4 is 14.8 Å². The molecule has 0 radical (unpaired) electrons. The van der Waals surface area contributed by atoms with E-state index in [9.17, 15) is 13.2 Å². The molecule has 0 saturated carbocycles. The fourth-order valence-corrected chi connectivity index (χ4v) is 5.87. The first-order valence-electron chi connectivity index (χ1n) is 11.4. The molecule has 1 amide bonds. The number of sulfonamides is 1.